The molecule has 1 amide bonds. The molecular weight excluding hydrogens is 477 g/mol. The van der Waals surface area contributed by atoms with Crippen molar-refractivity contribution in [3.05, 3.63) is 78.0 Å². The average Bonchev–Trinajstić information content (AvgIpc) is 3.57. The molecule has 0 radical (unpaired) electrons. The highest BCUT2D eigenvalue weighted by molar-refractivity contribution is 7.89. The fourth-order valence-corrected chi connectivity index (χ4v) is 6.75. The predicted octanol–water partition coefficient (Wildman–Crippen LogP) is 4.72. The fraction of sp³-hybridized carbons (Fsp3) is 0.250. The zero-order chi connectivity index (χ0) is 23.9. The summed E-state index contributed by atoms with van der Waals surface area (Å²) in [6, 6.07) is 13.4. The standard InChI is InChI=1S/C24H22FN3O4S2/c1-16-6-9-19(10-7-16)34(30,31)28-12-2-5-21(28)23(29)27(15-18-4-3-13-32-18)24-26-20-11-8-17(25)14-22(20)33-24/h3-4,6-11,13-14,21H,2,5,12,15H2,1H3/t21-/m1/s1. The van der Waals surface area contributed by atoms with E-state index < -0.39 is 21.9 Å². The summed E-state index contributed by atoms with van der Waals surface area (Å²) in [6.45, 7) is 2.23. The number of thiazole rings is 1. The number of furan rings is 1. The molecule has 176 valence electrons. The first kappa shape index (κ1) is 22.7. The van der Waals surface area contributed by atoms with Gasteiger partial charge in [0.25, 0.3) is 0 Å². The van der Waals surface area contributed by atoms with E-state index in [1.165, 1.54) is 38.9 Å². The van der Waals surface area contributed by atoms with Crippen LogP contribution in [0.4, 0.5) is 9.52 Å². The van der Waals surface area contributed by atoms with Crippen LogP contribution in [0, 0.1) is 12.7 Å². The van der Waals surface area contributed by atoms with Crippen LogP contribution >= 0.6 is 11.3 Å². The van der Waals surface area contributed by atoms with E-state index in [0.29, 0.717) is 34.0 Å². The fourth-order valence-electron chi connectivity index (χ4n) is 4.10. The second-order valence-electron chi connectivity index (χ2n) is 8.20. The largest absolute Gasteiger partial charge is 0.467 e. The number of fused-ring (bicyclic) bond motifs is 1. The number of carbonyl (C=O) groups excluding carboxylic acids is 1. The van der Waals surface area contributed by atoms with E-state index >= 15 is 0 Å². The lowest BCUT2D eigenvalue weighted by Crippen LogP contribution is -2.47. The van der Waals surface area contributed by atoms with E-state index in [2.05, 4.69) is 4.98 Å². The van der Waals surface area contributed by atoms with Gasteiger partial charge in [-0.25, -0.2) is 17.8 Å². The first-order chi connectivity index (χ1) is 16.3. The Bertz CT molecular complexity index is 1430. The van der Waals surface area contributed by atoms with Crippen molar-refractivity contribution >= 4 is 42.6 Å². The molecule has 0 unspecified atom stereocenters. The molecule has 7 nitrogen and oxygen atoms in total. The summed E-state index contributed by atoms with van der Waals surface area (Å²) in [5.74, 6) is -0.244. The third-order valence-electron chi connectivity index (χ3n) is 5.85. The van der Waals surface area contributed by atoms with Gasteiger partial charge in [0.15, 0.2) is 5.13 Å². The highest BCUT2D eigenvalue weighted by atomic mass is 32.2. The Morgan fingerprint density at radius 2 is 2.03 bits per heavy atom. The van der Waals surface area contributed by atoms with E-state index in [1.807, 2.05) is 6.92 Å². The summed E-state index contributed by atoms with van der Waals surface area (Å²) in [5.41, 5.74) is 1.51. The van der Waals surface area contributed by atoms with E-state index in [1.54, 1.807) is 42.5 Å². The third kappa shape index (κ3) is 4.24. The summed E-state index contributed by atoms with van der Waals surface area (Å²) in [6.07, 6.45) is 2.48. The van der Waals surface area contributed by atoms with Gasteiger partial charge in [-0.2, -0.15) is 4.31 Å². The monoisotopic (exact) mass is 499 g/mol. The normalized spacial score (nSPS) is 16.8. The van der Waals surface area contributed by atoms with Crippen LogP contribution in [0.3, 0.4) is 0 Å². The molecule has 2 aromatic heterocycles. The van der Waals surface area contributed by atoms with Crippen LogP contribution in [0.25, 0.3) is 10.2 Å². The molecule has 0 bridgehead atoms. The minimum atomic E-state index is -3.86. The summed E-state index contributed by atoms with van der Waals surface area (Å²) in [5, 5.41) is 0.363. The maximum absolute atomic E-state index is 13.8. The van der Waals surface area contributed by atoms with Crippen LogP contribution in [0.5, 0.6) is 0 Å². The first-order valence-corrected chi connectivity index (χ1v) is 13.1. The number of sulfonamides is 1. The van der Waals surface area contributed by atoms with Crippen LogP contribution in [0.2, 0.25) is 0 Å². The van der Waals surface area contributed by atoms with E-state index in [0.717, 1.165) is 5.56 Å². The molecule has 1 aliphatic heterocycles. The van der Waals surface area contributed by atoms with Gasteiger partial charge in [0.05, 0.1) is 27.9 Å². The molecule has 4 aromatic rings. The summed E-state index contributed by atoms with van der Waals surface area (Å²) in [4.78, 5) is 20.0. The van der Waals surface area contributed by atoms with Gasteiger partial charge in [-0.3, -0.25) is 9.69 Å². The molecule has 1 atom stereocenters. The molecule has 5 rings (SSSR count). The zero-order valence-electron chi connectivity index (χ0n) is 18.3. The number of benzene rings is 2. The van der Waals surface area contributed by atoms with Crippen molar-refractivity contribution in [3.8, 4) is 0 Å². The third-order valence-corrected chi connectivity index (χ3v) is 8.81. The van der Waals surface area contributed by atoms with Crippen LogP contribution in [0.15, 0.2) is 70.2 Å². The number of hydrogen-bond donors (Lipinski definition) is 0. The van der Waals surface area contributed by atoms with Crippen LogP contribution in [0.1, 0.15) is 24.2 Å². The Hall–Kier alpha value is -3.08. The minimum absolute atomic E-state index is 0.0864. The van der Waals surface area contributed by atoms with Crippen LogP contribution in [-0.2, 0) is 21.4 Å². The molecule has 3 heterocycles. The highest BCUT2D eigenvalue weighted by Gasteiger charge is 2.42. The Kier molecular flexibility index (Phi) is 5.97. The van der Waals surface area contributed by atoms with Gasteiger partial charge >= 0.3 is 0 Å². The summed E-state index contributed by atoms with van der Waals surface area (Å²) in [7, 11) is -3.86. The van der Waals surface area contributed by atoms with Crippen molar-refractivity contribution in [2.24, 2.45) is 0 Å². The molecular formula is C24H22FN3O4S2. The predicted molar refractivity (Wildman–Crippen MR) is 128 cm³/mol. The molecule has 0 spiro atoms. The van der Waals surface area contributed by atoms with Crippen molar-refractivity contribution in [3.63, 3.8) is 0 Å². The molecule has 0 saturated carbocycles. The van der Waals surface area contributed by atoms with Gasteiger partial charge in [-0.05, 0) is 62.2 Å². The van der Waals surface area contributed by atoms with Gasteiger partial charge in [-0.1, -0.05) is 29.0 Å². The first-order valence-electron chi connectivity index (χ1n) is 10.8. The minimum Gasteiger partial charge on any atom is -0.467 e. The van der Waals surface area contributed by atoms with Crippen molar-refractivity contribution in [2.75, 3.05) is 11.4 Å². The van der Waals surface area contributed by atoms with E-state index in [-0.39, 0.29) is 23.9 Å². The molecule has 10 heteroatoms. The van der Waals surface area contributed by atoms with Gasteiger partial charge < -0.3 is 4.42 Å². The zero-order valence-corrected chi connectivity index (χ0v) is 20.0. The number of rotatable bonds is 6. The Balaban J connectivity index is 1.51. The molecule has 1 aliphatic rings. The van der Waals surface area contributed by atoms with Crippen molar-refractivity contribution in [2.45, 2.75) is 37.2 Å². The lowest BCUT2D eigenvalue weighted by Gasteiger charge is -2.28. The van der Waals surface area contributed by atoms with Gasteiger partial charge in [0, 0.05) is 6.54 Å². The van der Waals surface area contributed by atoms with Crippen LogP contribution in [-0.4, -0.2) is 36.2 Å². The number of amides is 1. The van der Waals surface area contributed by atoms with Crippen molar-refractivity contribution in [1.82, 2.24) is 9.29 Å². The summed E-state index contributed by atoms with van der Waals surface area (Å²) < 4.78 is 47.9. The number of halogens is 1. The number of aryl methyl sites for hydroxylation is 1. The number of aromatic nitrogens is 1. The van der Waals surface area contributed by atoms with E-state index in [4.69, 9.17) is 4.42 Å². The molecule has 1 fully saturated rings. The second-order valence-corrected chi connectivity index (χ2v) is 11.1. The van der Waals surface area contributed by atoms with Crippen molar-refractivity contribution < 1.29 is 22.0 Å². The number of anilines is 1. The average molecular weight is 500 g/mol. The maximum atomic E-state index is 13.8. The van der Waals surface area contributed by atoms with Gasteiger partial charge in [-0.15, -0.1) is 0 Å². The van der Waals surface area contributed by atoms with Gasteiger partial charge in [0.1, 0.15) is 17.6 Å². The number of hydrogen-bond acceptors (Lipinski definition) is 6. The molecule has 0 aliphatic carbocycles. The van der Waals surface area contributed by atoms with Gasteiger partial charge in [0.2, 0.25) is 15.9 Å². The quantitative estimate of drug-likeness (QED) is 0.383. The Morgan fingerprint density at radius 3 is 2.76 bits per heavy atom. The molecule has 34 heavy (non-hydrogen) atoms. The molecule has 1 saturated heterocycles. The maximum Gasteiger partial charge on any atom is 0.247 e. The molecule has 2 aromatic carbocycles. The van der Waals surface area contributed by atoms with E-state index in [9.17, 15) is 17.6 Å². The lowest BCUT2D eigenvalue weighted by molar-refractivity contribution is -0.121. The summed E-state index contributed by atoms with van der Waals surface area (Å²) >= 11 is 1.18. The second kappa shape index (κ2) is 8.94. The highest BCUT2D eigenvalue weighted by Crippen LogP contribution is 2.34. The lowest BCUT2D eigenvalue weighted by atomic mass is 10.2. The van der Waals surface area contributed by atoms with Crippen molar-refractivity contribution in [1.29, 1.82) is 0 Å². The van der Waals surface area contributed by atoms with Crippen LogP contribution < -0.4 is 4.90 Å². The number of carbonyl (C=O) groups is 1. The Morgan fingerprint density at radius 1 is 1.24 bits per heavy atom. The topological polar surface area (TPSA) is 83.7 Å². The smallest absolute Gasteiger partial charge is 0.247 e. The molecule has 0 N–H and O–H groups in total. The number of nitrogens with zero attached hydrogens (tertiary/aromatic N) is 3. The SMILES string of the molecule is Cc1ccc(S(=O)(=O)N2CCC[C@@H]2C(=O)N(Cc2ccco2)c2nc3ccc(F)cc3s2)cc1. The Labute approximate surface area is 200 Å².